The van der Waals surface area contributed by atoms with Crippen LogP contribution in [0.1, 0.15) is 32.4 Å². The average Bonchev–Trinajstić information content (AvgIpc) is 2.53. The fourth-order valence-electron chi connectivity index (χ4n) is 2.20. The zero-order valence-electron chi connectivity index (χ0n) is 14.6. The zero-order valence-corrected chi connectivity index (χ0v) is 14.6. The van der Waals surface area contributed by atoms with Gasteiger partial charge in [0.05, 0.1) is 0 Å². The molecule has 0 fully saturated rings. The number of anilines is 2. The van der Waals surface area contributed by atoms with Gasteiger partial charge in [-0.15, -0.1) is 0 Å². The number of rotatable bonds is 5. The van der Waals surface area contributed by atoms with Crippen LogP contribution in [0.15, 0.2) is 54.6 Å². The average molecular weight is 341 g/mol. The number of carbonyl (C=O) groups excluding carboxylic acids is 2. The Morgan fingerprint density at radius 3 is 2.04 bits per heavy atom. The number of carbonyl (C=O) groups is 2. The van der Waals surface area contributed by atoms with Crippen LogP contribution in [0.4, 0.5) is 16.2 Å². The van der Waals surface area contributed by atoms with Crippen molar-refractivity contribution in [1.82, 2.24) is 0 Å². The summed E-state index contributed by atoms with van der Waals surface area (Å²) >= 11 is 0. The molecule has 0 aliphatic heterocycles. The molecule has 0 aliphatic rings. The Morgan fingerprint density at radius 2 is 1.52 bits per heavy atom. The number of nitrogens with one attached hydrogen (secondary N) is 2. The SMILES string of the molecule is CC(C)(C)OC(=O)Nc1ccc(N[C@H](C(N)=O)c2ccccc2)cc1. The van der Waals surface area contributed by atoms with E-state index in [1.807, 2.05) is 30.3 Å². The van der Waals surface area contributed by atoms with Crippen molar-refractivity contribution in [2.75, 3.05) is 10.6 Å². The second kappa shape index (κ2) is 7.70. The number of amides is 2. The van der Waals surface area contributed by atoms with Crippen LogP contribution in [0.2, 0.25) is 0 Å². The molecule has 0 unspecified atom stereocenters. The molecule has 0 aromatic heterocycles. The van der Waals surface area contributed by atoms with Crippen LogP contribution in [0, 0.1) is 0 Å². The minimum Gasteiger partial charge on any atom is -0.444 e. The molecule has 2 rings (SSSR count). The van der Waals surface area contributed by atoms with Gasteiger partial charge in [-0.1, -0.05) is 30.3 Å². The summed E-state index contributed by atoms with van der Waals surface area (Å²) in [6, 6.07) is 15.6. The minimum absolute atomic E-state index is 0.470. The summed E-state index contributed by atoms with van der Waals surface area (Å²) < 4.78 is 5.20. The summed E-state index contributed by atoms with van der Waals surface area (Å²) in [7, 11) is 0. The highest BCUT2D eigenvalue weighted by Gasteiger charge is 2.18. The fraction of sp³-hybridized carbons (Fsp3) is 0.263. The quantitative estimate of drug-likeness (QED) is 0.773. The highest BCUT2D eigenvalue weighted by atomic mass is 16.6. The zero-order chi connectivity index (χ0) is 18.4. The predicted octanol–water partition coefficient (Wildman–Crippen LogP) is 3.67. The monoisotopic (exact) mass is 341 g/mol. The van der Waals surface area contributed by atoms with Crippen molar-refractivity contribution in [3.8, 4) is 0 Å². The van der Waals surface area contributed by atoms with Gasteiger partial charge in [-0.25, -0.2) is 4.79 Å². The number of hydrogen-bond donors (Lipinski definition) is 3. The second-order valence-electron chi connectivity index (χ2n) is 6.59. The summed E-state index contributed by atoms with van der Waals surface area (Å²) in [5.74, 6) is -0.470. The van der Waals surface area contributed by atoms with Gasteiger partial charge in [-0.2, -0.15) is 0 Å². The molecule has 2 amide bonds. The largest absolute Gasteiger partial charge is 0.444 e. The van der Waals surface area contributed by atoms with Gasteiger partial charge in [0, 0.05) is 11.4 Å². The van der Waals surface area contributed by atoms with E-state index in [0.29, 0.717) is 11.4 Å². The van der Waals surface area contributed by atoms with Gasteiger partial charge in [0.25, 0.3) is 0 Å². The van der Waals surface area contributed by atoms with Gasteiger partial charge in [0.1, 0.15) is 11.6 Å². The summed E-state index contributed by atoms with van der Waals surface area (Å²) in [4.78, 5) is 23.5. The highest BCUT2D eigenvalue weighted by Crippen LogP contribution is 2.21. The molecular weight excluding hydrogens is 318 g/mol. The van der Waals surface area contributed by atoms with Crippen LogP contribution in [0.5, 0.6) is 0 Å². The lowest BCUT2D eigenvalue weighted by atomic mass is 10.1. The lowest BCUT2D eigenvalue weighted by Crippen LogP contribution is -2.28. The number of ether oxygens (including phenoxy) is 1. The van der Waals surface area contributed by atoms with E-state index >= 15 is 0 Å². The van der Waals surface area contributed by atoms with E-state index in [2.05, 4.69) is 10.6 Å². The van der Waals surface area contributed by atoms with Crippen molar-refractivity contribution < 1.29 is 14.3 Å². The first-order chi connectivity index (χ1) is 11.7. The lowest BCUT2D eigenvalue weighted by Gasteiger charge is -2.20. The first-order valence-corrected chi connectivity index (χ1v) is 7.95. The highest BCUT2D eigenvalue weighted by molar-refractivity contribution is 5.86. The molecule has 0 saturated heterocycles. The van der Waals surface area contributed by atoms with Gasteiger partial charge in [-0.05, 0) is 50.6 Å². The topological polar surface area (TPSA) is 93.4 Å². The van der Waals surface area contributed by atoms with E-state index in [0.717, 1.165) is 5.56 Å². The molecule has 1 atom stereocenters. The van der Waals surface area contributed by atoms with Crippen LogP contribution in [-0.4, -0.2) is 17.6 Å². The van der Waals surface area contributed by atoms with E-state index in [1.165, 1.54) is 0 Å². The van der Waals surface area contributed by atoms with Crippen molar-refractivity contribution in [1.29, 1.82) is 0 Å². The molecule has 25 heavy (non-hydrogen) atoms. The van der Waals surface area contributed by atoms with E-state index in [-0.39, 0.29) is 0 Å². The molecule has 0 aliphatic carbocycles. The number of primary amides is 1. The van der Waals surface area contributed by atoms with Crippen LogP contribution in [-0.2, 0) is 9.53 Å². The van der Waals surface area contributed by atoms with E-state index < -0.39 is 23.6 Å². The molecule has 0 heterocycles. The van der Waals surface area contributed by atoms with Gasteiger partial charge in [0.2, 0.25) is 5.91 Å². The van der Waals surface area contributed by atoms with Crippen molar-refractivity contribution in [3.63, 3.8) is 0 Å². The van der Waals surface area contributed by atoms with Gasteiger partial charge >= 0.3 is 6.09 Å². The molecule has 0 bridgehead atoms. The molecule has 2 aromatic carbocycles. The first kappa shape index (κ1) is 18.3. The predicted molar refractivity (Wildman–Crippen MR) is 98.3 cm³/mol. The molecule has 4 N–H and O–H groups in total. The summed E-state index contributed by atoms with van der Waals surface area (Å²) in [6.45, 7) is 5.40. The summed E-state index contributed by atoms with van der Waals surface area (Å²) in [6.07, 6.45) is -0.521. The molecule has 132 valence electrons. The Morgan fingerprint density at radius 1 is 0.960 bits per heavy atom. The number of nitrogens with two attached hydrogens (primary N) is 1. The Kier molecular flexibility index (Phi) is 5.64. The van der Waals surface area contributed by atoms with E-state index in [1.54, 1.807) is 45.0 Å². The standard InChI is InChI=1S/C19H23N3O3/c1-19(2,3)25-18(24)22-15-11-9-14(10-12-15)21-16(17(20)23)13-7-5-4-6-8-13/h4-12,16,21H,1-3H3,(H2,20,23)(H,22,24)/t16-/m0/s1. The van der Waals surface area contributed by atoms with E-state index in [9.17, 15) is 9.59 Å². The molecule has 0 radical (unpaired) electrons. The van der Waals surface area contributed by atoms with Gasteiger partial charge in [0.15, 0.2) is 0 Å². The third-order valence-corrected chi connectivity index (χ3v) is 3.26. The van der Waals surface area contributed by atoms with Gasteiger partial charge in [-0.3, -0.25) is 10.1 Å². The Balaban J connectivity index is 2.04. The molecule has 6 heteroatoms. The molecule has 6 nitrogen and oxygen atoms in total. The summed E-state index contributed by atoms with van der Waals surface area (Å²) in [5.41, 5.74) is 7.02. The lowest BCUT2D eigenvalue weighted by molar-refractivity contribution is -0.118. The van der Waals surface area contributed by atoms with Crippen LogP contribution in [0.25, 0.3) is 0 Å². The molecular formula is C19H23N3O3. The smallest absolute Gasteiger partial charge is 0.412 e. The van der Waals surface area contributed by atoms with E-state index in [4.69, 9.17) is 10.5 Å². The fourth-order valence-corrected chi connectivity index (χ4v) is 2.20. The molecule has 0 spiro atoms. The Bertz CT molecular complexity index is 722. The molecule has 0 saturated carbocycles. The number of hydrogen-bond acceptors (Lipinski definition) is 4. The third kappa shape index (κ3) is 5.84. The summed E-state index contributed by atoms with van der Waals surface area (Å²) in [5, 5.41) is 5.75. The van der Waals surface area contributed by atoms with Gasteiger partial charge < -0.3 is 15.8 Å². The maximum Gasteiger partial charge on any atom is 0.412 e. The van der Waals surface area contributed by atoms with Crippen molar-refractivity contribution in [3.05, 3.63) is 60.2 Å². The Labute approximate surface area is 147 Å². The van der Waals surface area contributed by atoms with Crippen molar-refractivity contribution >= 4 is 23.4 Å². The minimum atomic E-state index is -0.633. The Hall–Kier alpha value is -3.02. The van der Waals surface area contributed by atoms with Crippen molar-refractivity contribution in [2.45, 2.75) is 32.4 Å². The van der Waals surface area contributed by atoms with Crippen LogP contribution >= 0.6 is 0 Å². The second-order valence-corrected chi connectivity index (χ2v) is 6.59. The maximum absolute atomic E-state index is 11.8. The van der Waals surface area contributed by atoms with Crippen LogP contribution < -0.4 is 16.4 Å². The normalized spacial score (nSPS) is 12.1. The van der Waals surface area contributed by atoms with Crippen molar-refractivity contribution in [2.24, 2.45) is 5.73 Å². The maximum atomic E-state index is 11.8. The first-order valence-electron chi connectivity index (χ1n) is 7.95. The number of benzene rings is 2. The third-order valence-electron chi connectivity index (χ3n) is 3.26. The van der Waals surface area contributed by atoms with Crippen LogP contribution in [0.3, 0.4) is 0 Å². The molecule has 2 aromatic rings.